The van der Waals surface area contributed by atoms with E-state index in [0.717, 1.165) is 5.56 Å². The Bertz CT molecular complexity index is 1220. The number of carbonyl (C=O) groups is 2. The van der Waals surface area contributed by atoms with E-state index in [1.807, 2.05) is 0 Å². The van der Waals surface area contributed by atoms with E-state index >= 15 is 0 Å². The molecule has 0 aliphatic carbocycles. The first-order valence-corrected chi connectivity index (χ1v) is 11.0. The Kier molecular flexibility index (Phi) is 5.47. The number of carbonyl (C=O) groups excluding carboxylic acids is 2. The maximum atomic E-state index is 12.9. The standard InChI is InChI=1S/C21H19N3O6S/c1-13(31(27,28)16-6-7-19-17(11-16)24-21(26)12-29-19)10-20(25)23-15-4-2-14(3-5-15)18-8-9-22-30-18/h2-9,11,13H,10,12H2,1H3,(H,23,25)(H,24,26)/t13-/m1/s1. The summed E-state index contributed by atoms with van der Waals surface area (Å²) >= 11 is 0. The van der Waals surface area contributed by atoms with Gasteiger partial charge in [-0.1, -0.05) is 5.16 Å². The molecule has 1 aromatic heterocycles. The zero-order valence-electron chi connectivity index (χ0n) is 16.5. The fourth-order valence-corrected chi connectivity index (χ4v) is 4.51. The van der Waals surface area contributed by atoms with Crippen molar-refractivity contribution in [1.29, 1.82) is 0 Å². The van der Waals surface area contributed by atoms with Crippen LogP contribution in [-0.2, 0) is 19.4 Å². The van der Waals surface area contributed by atoms with Crippen molar-refractivity contribution in [3.05, 3.63) is 54.7 Å². The molecule has 2 heterocycles. The van der Waals surface area contributed by atoms with Crippen LogP contribution in [0, 0.1) is 0 Å². The monoisotopic (exact) mass is 441 g/mol. The Labute approximate surface area is 178 Å². The van der Waals surface area contributed by atoms with Gasteiger partial charge in [0.15, 0.2) is 22.2 Å². The number of anilines is 2. The normalized spacial score (nSPS) is 14.2. The molecule has 2 aromatic carbocycles. The summed E-state index contributed by atoms with van der Waals surface area (Å²) in [5.41, 5.74) is 1.63. The Morgan fingerprint density at radius 1 is 1.19 bits per heavy atom. The molecule has 10 heteroatoms. The minimum atomic E-state index is -3.80. The lowest BCUT2D eigenvalue weighted by molar-refractivity contribution is -0.118. The van der Waals surface area contributed by atoms with Gasteiger partial charge in [0, 0.05) is 23.7 Å². The number of benzene rings is 2. The lowest BCUT2D eigenvalue weighted by Crippen LogP contribution is -2.27. The summed E-state index contributed by atoms with van der Waals surface area (Å²) in [5.74, 6) is 0.212. The molecule has 0 fully saturated rings. The van der Waals surface area contributed by atoms with Gasteiger partial charge in [0.2, 0.25) is 5.91 Å². The van der Waals surface area contributed by atoms with Crippen molar-refractivity contribution in [1.82, 2.24) is 5.16 Å². The van der Waals surface area contributed by atoms with Crippen LogP contribution in [-0.4, -0.2) is 37.2 Å². The lowest BCUT2D eigenvalue weighted by Gasteiger charge is -2.19. The van der Waals surface area contributed by atoms with Crippen LogP contribution in [0.3, 0.4) is 0 Å². The second kappa shape index (κ2) is 8.23. The summed E-state index contributed by atoms with van der Waals surface area (Å²) in [6, 6.07) is 12.9. The fourth-order valence-electron chi connectivity index (χ4n) is 3.14. The molecule has 0 saturated carbocycles. The molecule has 2 N–H and O–H groups in total. The van der Waals surface area contributed by atoms with E-state index in [1.165, 1.54) is 31.3 Å². The van der Waals surface area contributed by atoms with Crippen LogP contribution in [0.5, 0.6) is 5.75 Å². The molecule has 4 rings (SSSR count). The lowest BCUT2D eigenvalue weighted by atomic mass is 10.1. The molecular weight excluding hydrogens is 422 g/mol. The minimum Gasteiger partial charge on any atom is -0.482 e. The molecule has 2 amide bonds. The van der Waals surface area contributed by atoms with Gasteiger partial charge in [0.05, 0.1) is 22.0 Å². The van der Waals surface area contributed by atoms with E-state index < -0.39 is 21.0 Å². The number of nitrogens with one attached hydrogen (secondary N) is 2. The number of nitrogens with zero attached hydrogens (tertiary/aromatic N) is 1. The zero-order chi connectivity index (χ0) is 22.0. The van der Waals surface area contributed by atoms with E-state index in [0.29, 0.717) is 22.9 Å². The first kappa shape index (κ1) is 20.6. The Hall–Kier alpha value is -3.66. The van der Waals surface area contributed by atoms with E-state index in [-0.39, 0.29) is 23.8 Å². The maximum Gasteiger partial charge on any atom is 0.262 e. The topological polar surface area (TPSA) is 128 Å². The maximum absolute atomic E-state index is 12.9. The summed E-state index contributed by atoms with van der Waals surface area (Å²) in [6.07, 6.45) is 1.31. The largest absolute Gasteiger partial charge is 0.482 e. The third-order valence-electron chi connectivity index (χ3n) is 4.81. The predicted molar refractivity (Wildman–Crippen MR) is 112 cm³/mol. The SMILES string of the molecule is C[C@H](CC(=O)Nc1ccc(-c2ccno2)cc1)S(=O)(=O)c1ccc2c(c1)NC(=O)CO2. The smallest absolute Gasteiger partial charge is 0.262 e. The number of hydrogen-bond acceptors (Lipinski definition) is 7. The second-order valence-electron chi connectivity index (χ2n) is 7.06. The highest BCUT2D eigenvalue weighted by Gasteiger charge is 2.28. The van der Waals surface area contributed by atoms with Crippen molar-refractivity contribution in [3.63, 3.8) is 0 Å². The summed E-state index contributed by atoms with van der Waals surface area (Å²) in [7, 11) is -3.80. The van der Waals surface area contributed by atoms with Crippen LogP contribution in [0.4, 0.5) is 11.4 Å². The Morgan fingerprint density at radius 2 is 1.97 bits per heavy atom. The summed E-state index contributed by atoms with van der Waals surface area (Å²) in [5, 5.41) is 7.95. The number of rotatable bonds is 6. The summed E-state index contributed by atoms with van der Waals surface area (Å²) in [4.78, 5) is 23.9. The third-order valence-corrected chi connectivity index (χ3v) is 6.94. The van der Waals surface area contributed by atoms with Crippen molar-refractivity contribution in [2.24, 2.45) is 0 Å². The molecule has 1 aliphatic rings. The van der Waals surface area contributed by atoms with Gasteiger partial charge >= 0.3 is 0 Å². The highest BCUT2D eigenvalue weighted by Crippen LogP contribution is 2.31. The fraction of sp³-hybridized carbons (Fsp3) is 0.190. The summed E-state index contributed by atoms with van der Waals surface area (Å²) in [6.45, 7) is 1.35. The molecule has 3 aromatic rings. The van der Waals surface area contributed by atoms with Crippen LogP contribution < -0.4 is 15.4 Å². The van der Waals surface area contributed by atoms with Crippen molar-refractivity contribution >= 4 is 33.0 Å². The number of hydrogen-bond donors (Lipinski definition) is 2. The number of ether oxygens (including phenoxy) is 1. The minimum absolute atomic E-state index is 0.00811. The Morgan fingerprint density at radius 3 is 2.68 bits per heavy atom. The molecule has 9 nitrogen and oxygen atoms in total. The van der Waals surface area contributed by atoms with Crippen LogP contribution in [0.25, 0.3) is 11.3 Å². The van der Waals surface area contributed by atoms with Gasteiger partial charge in [-0.05, 0) is 49.4 Å². The number of aromatic nitrogens is 1. The molecular formula is C21H19N3O6S. The van der Waals surface area contributed by atoms with Gasteiger partial charge in [0.25, 0.3) is 5.91 Å². The van der Waals surface area contributed by atoms with Crippen molar-refractivity contribution in [2.75, 3.05) is 17.2 Å². The first-order chi connectivity index (χ1) is 14.8. The number of amides is 2. The average Bonchev–Trinajstić information content (AvgIpc) is 3.28. The second-order valence-corrected chi connectivity index (χ2v) is 9.42. The van der Waals surface area contributed by atoms with Crippen molar-refractivity contribution in [3.8, 4) is 17.1 Å². The van der Waals surface area contributed by atoms with Gasteiger partial charge in [0.1, 0.15) is 5.75 Å². The van der Waals surface area contributed by atoms with Crippen molar-refractivity contribution in [2.45, 2.75) is 23.5 Å². The molecule has 160 valence electrons. The Balaban J connectivity index is 1.42. The molecule has 0 spiro atoms. The quantitative estimate of drug-likeness (QED) is 0.602. The predicted octanol–water partition coefficient (Wildman–Crippen LogP) is 2.86. The number of sulfone groups is 1. The third kappa shape index (κ3) is 4.43. The van der Waals surface area contributed by atoms with Gasteiger partial charge < -0.3 is 19.9 Å². The van der Waals surface area contributed by atoms with Gasteiger partial charge in [-0.3, -0.25) is 9.59 Å². The van der Waals surface area contributed by atoms with Crippen LogP contribution in [0.2, 0.25) is 0 Å². The molecule has 1 atom stereocenters. The van der Waals surface area contributed by atoms with Gasteiger partial charge in [-0.25, -0.2) is 8.42 Å². The van der Waals surface area contributed by atoms with E-state index in [9.17, 15) is 18.0 Å². The molecule has 0 saturated heterocycles. The molecule has 0 unspecified atom stereocenters. The van der Waals surface area contributed by atoms with E-state index in [2.05, 4.69) is 15.8 Å². The van der Waals surface area contributed by atoms with Gasteiger partial charge in [-0.15, -0.1) is 0 Å². The molecule has 0 bridgehead atoms. The van der Waals surface area contributed by atoms with Crippen LogP contribution >= 0.6 is 0 Å². The van der Waals surface area contributed by atoms with E-state index in [1.54, 1.807) is 30.3 Å². The highest BCUT2D eigenvalue weighted by atomic mass is 32.2. The zero-order valence-corrected chi connectivity index (χ0v) is 17.3. The summed E-state index contributed by atoms with van der Waals surface area (Å²) < 4.78 is 36.2. The van der Waals surface area contributed by atoms with Crippen LogP contribution in [0.15, 0.2) is 64.1 Å². The molecule has 31 heavy (non-hydrogen) atoms. The molecule has 0 radical (unpaired) electrons. The van der Waals surface area contributed by atoms with Gasteiger partial charge in [-0.2, -0.15) is 0 Å². The first-order valence-electron chi connectivity index (χ1n) is 9.44. The van der Waals surface area contributed by atoms with E-state index in [4.69, 9.17) is 9.26 Å². The molecule has 1 aliphatic heterocycles. The average molecular weight is 441 g/mol. The number of fused-ring (bicyclic) bond motifs is 1. The van der Waals surface area contributed by atoms with Crippen LogP contribution in [0.1, 0.15) is 13.3 Å². The van der Waals surface area contributed by atoms with Crippen molar-refractivity contribution < 1.29 is 27.3 Å². The highest BCUT2D eigenvalue weighted by molar-refractivity contribution is 7.92.